The molecule has 2 N–H and O–H groups in total. The van der Waals surface area contributed by atoms with Gasteiger partial charge in [-0.15, -0.1) is 6.58 Å². The molecule has 0 aliphatic rings. The second-order valence-corrected chi connectivity index (χ2v) is 2.77. The average Bonchev–Trinajstić information content (AvgIpc) is 2.08. The Hall–Kier alpha value is -0.990. The fourth-order valence-electron chi connectivity index (χ4n) is 0.898. The number of para-hydroxylation sites is 1. The van der Waals surface area contributed by atoms with Crippen LogP contribution >= 0.6 is 11.6 Å². The van der Waals surface area contributed by atoms with Crippen LogP contribution in [0, 0.1) is 0 Å². The van der Waals surface area contributed by atoms with Gasteiger partial charge in [0.25, 0.3) is 0 Å². The first-order valence-electron chi connectivity index (χ1n) is 3.45. The van der Waals surface area contributed by atoms with Gasteiger partial charge in [0, 0.05) is 5.56 Å². The van der Waals surface area contributed by atoms with E-state index >= 15 is 0 Å². The monoisotopic (exact) mass is 184 g/mol. The standard InChI is InChI=1S/C9H9ClO2/c1-2-8(11)6-4-3-5-7(10)9(6)12/h2-5,8,11-12H,1H2. The van der Waals surface area contributed by atoms with E-state index in [2.05, 4.69) is 6.58 Å². The van der Waals surface area contributed by atoms with Crippen LogP contribution in [0.25, 0.3) is 0 Å². The van der Waals surface area contributed by atoms with E-state index in [0.717, 1.165) is 0 Å². The third kappa shape index (κ3) is 1.60. The molecule has 0 saturated carbocycles. The second kappa shape index (κ2) is 3.61. The van der Waals surface area contributed by atoms with Gasteiger partial charge in [0.15, 0.2) is 0 Å². The minimum Gasteiger partial charge on any atom is -0.506 e. The Labute approximate surface area is 75.7 Å². The molecule has 1 aromatic carbocycles. The predicted octanol–water partition coefficient (Wildman–Crippen LogP) is 2.27. The van der Waals surface area contributed by atoms with E-state index in [-0.39, 0.29) is 10.8 Å². The average molecular weight is 185 g/mol. The number of hydrogen-bond donors (Lipinski definition) is 2. The zero-order chi connectivity index (χ0) is 9.14. The van der Waals surface area contributed by atoms with E-state index in [1.165, 1.54) is 6.08 Å². The van der Waals surface area contributed by atoms with Crippen molar-refractivity contribution >= 4 is 11.6 Å². The minimum absolute atomic E-state index is 0.0911. The lowest BCUT2D eigenvalue weighted by Gasteiger charge is -2.08. The van der Waals surface area contributed by atoms with Crippen LogP contribution in [0.5, 0.6) is 5.75 Å². The van der Waals surface area contributed by atoms with Crippen molar-refractivity contribution in [3.8, 4) is 5.75 Å². The number of rotatable bonds is 2. The molecule has 1 atom stereocenters. The van der Waals surface area contributed by atoms with Crippen LogP contribution in [-0.4, -0.2) is 10.2 Å². The molecule has 3 heteroatoms. The summed E-state index contributed by atoms with van der Waals surface area (Å²) in [6.45, 7) is 3.40. The number of phenols is 1. The van der Waals surface area contributed by atoms with Crippen LogP contribution in [0.2, 0.25) is 5.02 Å². The number of aliphatic hydroxyl groups excluding tert-OH is 1. The van der Waals surface area contributed by atoms with E-state index < -0.39 is 6.10 Å². The lowest BCUT2D eigenvalue weighted by Crippen LogP contribution is -1.92. The molecule has 2 nitrogen and oxygen atoms in total. The summed E-state index contributed by atoms with van der Waals surface area (Å²) in [6, 6.07) is 4.80. The number of phenolic OH excluding ortho intramolecular Hbond substituents is 1. The molecular weight excluding hydrogens is 176 g/mol. The summed E-state index contributed by atoms with van der Waals surface area (Å²) in [5, 5.41) is 18.9. The van der Waals surface area contributed by atoms with Gasteiger partial charge in [0.2, 0.25) is 0 Å². The first kappa shape index (κ1) is 9.10. The summed E-state index contributed by atoms with van der Waals surface area (Å²) in [5.74, 6) is -0.0911. The van der Waals surface area contributed by atoms with E-state index in [1.807, 2.05) is 0 Å². The fraction of sp³-hybridized carbons (Fsp3) is 0.111. The lowest BCUT2D eigenvalue weighted by molar-refractivity contribution is 0.224. The Balaban J connectivity index is 3.15. The first-order chi connectivity index (χ1) is 5.66. The van der Waals surface area contributed by atoms with Crippen molar-refractivity contribution in [3.63, 3.8) is 0 Å². The highest BCUT2D eigenvalue weighted by atomic mass is 35.5. The van der Waals surface area contributed by atoms with Crippen LogP contribution in [-0.2, 0) is 0 Å². The molecule has 0 saturated heterocycles. The van der Waals surface area contributed by atoms with Crippen LogP contribution in [0.3, 0.4) is 0 Å². The van der Waals surface area contributed by atoms with Crippen LogP contribution in [0.4, 0.5) is 0 Å². The number of aliphatic hydroxyl groups is 1. The molecule has 0 fully saturated rings. The normalized spacial score (nSPS) is 12.5. The molecule has 0 amide bonds. The molecule has 1 unspecified atom stereocenters. The van der Waals surface area contributed by atoms with Gasteiger partial charge in [-0.25, -0.2) is 0 Å². The van der Waals surface area contributed by atoms with Gasteiger partial charge in [-0.2, -0.15) is 0 Å². The number of aromatic hydroxyl groups is 1. The molecule has 64 valence electrons. The Bertz CT molecular complexity index is 297. The highest BCUT2D eigenvalue weighted by Gasteiger charge is 2.10. The Morgan fingerprint density at radius 3 is 2.75 bits per heavy atom. The quantitative estimate of drug-likeness (QED) is 0.693. The van der Waals surface area contributed by atoms with Gasteiger partial charge >= 0.3 is 0 Å². The SMILES string of the molecule is C=CC(O)c1cccc(Cl)c1O. The highest BCUT2D eigenvalue weighted by Crippen LogP contribution is 2.31. The van der Waals surface area contributed by atoms with Crippen molar-refractivity contribution in [1.82, 2.24) is 0 Å². The summed E-state index contributed by atoms with van der Waals surface area (Å²) < 4.78 is 0. The van der Waals surface area contributed by atoms with E-state index in [9.17, 15) is 10.2 Å². The van der Waals surface area contributed by atoms with Crippen molar-refractivity contribution in [1.29, 1.82) is 0 Å². The minimum atomic E-state index is -0.872. The van der Waals surface area contributed by atoms with Crippen LogP contribution < -0.4 is 0 Å². The van der Waals surface area contributed by atoms with Gasteiger partial charge in [0.05, 0.1) is 5.02 Å². The molecular formula is C9H9ClO2. The molecule has 0 bridgehead atoms. The van der Waals surface area contributed by atoms with Gasteiger partial charge < -0.3 is 10.2 Å². The van der Waals surface area contributed by atoms with Crippen LogP contribution in [0.15, 0.2) is 30.9 Å². The summed E-state index contributed by atoms with van der Waals surface area (Å²) in [6.07, 6.45) is 0.453. The third-order valence-electron chi connectivity index (χ3n) is 1.56. The molecule has 0 aliphatic heterocycles. The predicted molar refractivity (Wildman–Crippen MR) is 48.3 cm³/mol. The van der Waals surface area contributed by atoms with Crippen molar-refractivity contribution in [2.75, 3.05) is 0 Å². The van der Waals surface area contributed by atoms with Crippen molar-refractivity contribution < 1.29 is 10.2 Å². The van der Waals surface area contributed by atoms with Crippen molar-refractivity contribution in [2.45, 2.75) is 6.10 Å². The third-order valence-corrected chi connectivity index (χ3v) is 1.86. The molecule has 0 aromatic heterocycles. The topological polar surface area (TPSA) is 40.5 Å². The maximum atomic E-state index is 9.36. The summed E-state index contributed by atoms with van der Waals surface area (Å²) in [7, 11) is 0. The Morgan fingerprint density at radius 1 is 1.50 bits per heavy atom. The molecule has 0 radical (unpaired) electrons. The zero-order valence-corrected chi connectivity index (χ0v) is 7.12. The molecule has 0 spiro atoms. The molecule has 12 heavy (non-hydrogen) atoms. The smallest absolute Gasteiger partial charge is 0.140 e. The highest BCUT2D eigenvalue weighted by molar-refractivity contribution is 6.32. The maximum absolute atomic E-state index is 9.36. The molecule has 0 aliphatic carbocycles. The maximum Gasteiger partial charge on any atom is 0.140 e. The van der Waals surface area contributed by atoms with Crippen molar-refractivity contribution in [3.05, 3.63) is 41.4 Å². The van der Waals surface area contributed by atoms with E-state index in [4.69, 9.17) is 11.6 Å². The number of hydrogen-bond acceptors (Lipinski definition) is 2. The summed E-state index contributed by atoms with van der Waals surface area (Å²) >= 11 is 5.62. The van der Waals surface area contributed by atoms with E-state index in [1.54, 1.807) is 18.2 Å². The van der Waals surface area contributed by atoms with Gasteiger partial charge in [-0.1, -0.05) is 29.8 Å². The van der Waals surface area contributed by atoms with Crippen LogP contribution in [0.1, 0.15) is 11.7 Å². The fourth-order valence-corrected chi connectivity index (χ4v) is 1.08. The lowest BCUT2D eigenvalue weighted by atomic mass is 10.1. The van der Waals surface area contributed by atoms with Gasteiger partial charge in [0.1, 0.15) is 11.9 Å². The Morgan fingerprint density at radius 2 is 2.17 bits per heavy atom. The molecule has 1 rings (SSSR count). The van der Waals surface area contributed by atoms with Gasteiger partial charge in [-0.05, 0) is 6.07 Å². The van der Waals surface area contributed by atoms with Crippen molar-refractivity contribution in [2.24, 2.45) is 0 Å². The van der Waals surface area contributed by atoms with E-state index in [0.29, 0.717) is 5.56 Å². The van der Waals surface area contributed by atoms with Gasteiger partial charge in [-0.3, -0.25) is 0 Å². The first-order valence-corrected chi connectivity index (χ1v) is 3.82. The second-order valence-electron chi connectivity index (χ2n) is 2.36. The largest absolute Gasteiger partial charge is 0.506 e. The number of halogens is 1. The molecule has 1 aromatic rings. The summed E-state index contributed by atoms with van der Waals surface area (Å²) in [4.78, 5) is 0. The zero-order valence-electron chi connectivity index (χ0n) is 6.37. The molecule has 0 heterocycles. The Kier molecular flexibility index (Phi) is 2.74. The number of benzene rings is 1. The summed E-state index contributed by atoms with van der Waals surface area (Å²) in [5.41, 5.74) is 0.373.